The number of aromatic amines is 1. The number of ketones is 1. The lowest BCUT2D eigenvalue weighted by Crippen LogP contribution is -2.54. The Morgan fingerprint density at radius 2 is 1.57 bits per heavy atom. The van der Waals surface area contributed by atoms with Crippen LogP contribution < -0.4 is 16.0 Å². The highest BCUT2D eigenvalue weighted by molar-refractivity contribution is 6.07. The highest BCUT2D eigenvalue weighted by Crippen LogP contribution is 2.43. The number of benzene rings is 1. The van der Waals surface area contributed by atoms with Gasteiger partial charge in [0, 0.05) is 36.9 Å². The van der Waals surface area contributed by atoms with Crippen LogP contribution in [0.2, 0.25) is 0 Å². The number of hydrogen-bond acceptors (Lipinski definition) is 7. The standard InChI is InChI=1S/C53H74N6O6/c1-9-34-24-35(16-11-19-44(34)45-20-13-23-59(45)52(63)48(31(4)5)58-53(64)65-8)36-14-10-15-37-25-38-21-22-39(27-41(38)28-40(37)26-36)51(62)57-46-29-54-50(56-46)43-18-12-17-42(32(43)6)49(61)47(30(2)3)55-33(7)60/h24-32,34,42-45,47-48H,9-23H2,1-8H3,(H,54,56)(H,55,60)(H,57,62)(H,58,64). The summed E-state index contributed by atoms with van der Waals surface area (Å²) in [7, 11) is 1.34. The molecule has 12 heteroatoms. The molecule has 2 aromatic rings. The van der Waals surface area contributed by atoms with Crippen LogP contribution >= 0.6 is 0 Å². The zero-order valence-electron chi connectivity index (χ0n) is 40.2. The van der Waals surface area contributed by atoms with Crippen molar-refractivity contribution in [2.24, 2.45) is 35.5 Å². The van der Waals surface area contributed by atoms with E-state index in [4.69, 9.17) is 9.72 Å². The van der Waals surface area contributed by atoms with Gasteiger partial charge >= 0.3 is 6.09 Å². The molecule has 65 heavy (non-hydrogen) atoms. The van der Waals surface area contributed by atoms with Gasteiger partial charge in [0.1, 0.15) is 17.7 Å². The largest absolute Gasteiger partial charge is 0.453 e. The molecule has 2 heterocycles. The summed E-state index contributed by atoms with van der Waals surface area (Å²) >= 11 is 0. The highest BCUT2D eigenvalue weighted by Gasteiger charge is 2.42. The molecule has 12 nitrogen and oxygen atoms in total. The van der Waals surface area contributed by atoms with Crippen LogP contribution in [0.15, 0.2) is 41.1 Å². The number of alkyl carbamates (subject to hydrolysis) is 1. The number of nitrogens with zero attached hydrogens (tertiary/aromatic N) is 2. The van der Waals surface area contributed by atoms with Gasteiger partial charge in [-0.05, 0) is 159 Å². The van der Waals surface area contributed by atoms with Gasteiger partial charge in [-0.1, -0.05) is 66.2 Å². The lowest BCUT2D eigenvalue weighted by Gasteiger charge is -2.37. The minimum Gasteiger partial charge on any atom is -0.453 e. The second-order valence-corrected chi connectivity index (χ2v) is 20.3. The van der Waals surface area contributed by atoms with Crippen molar-refractivity contribution in [3.63, 3.8) is 0 Å². The van der Waals surface area contributed by atoms with Gasteiger partial charge in [-0.15, -0.1) is 0 Å². The van der Waals surface area contributed by atoms with E-state index in [0.29, 0.717) is 24.1 Å². The molecule has 4 amide bonds. The van der Waals surface area contributed by atoms with Gasteiger partial charge in [-0.25, -0.2) is 9.78 Å². The number of amides is 4. The van der Waals surface area contributed by atoms with Gasteiger partial charge in [0.05, 0.1) is 19.3 Å². The fourth-order valence-corrected chi connectivity index (χ4v) is 11.8. The van der Waals surface area contributed by atoms with Crippen LogP contribution in [0.25, 0.3) is 12.2 Å². The number of rotatable bonds is 13. The number of carbonyl (C=O) groups excluding carboxylic acids is 5. The molecule has 4 aliphatic carbocycles. The second kappa shape index (κ2) is 21.1. The summed E-state index contributed by atoms with van der Waals surface area (Å²) in [6.45, 7) is 14.5. The van der Waals surface area contributed by atoms with Crippen molar-refractivity contribution in [3.05, 3.63) is 69.2 Å². The van der Waals surface area contributed by atoms with Crippen LogP contribution in [0.5, 0.6) is 0 Å². The number of allylic oxidation sites excluding steroid dienone is 3. The fraction of sp³-hybridized carbons (Fsp3) is 0.623. The Balaban J connectivity index is 1.05. The second-order valence-electron chi connectivity index (χ2n) is 20.3. The molecule has 0 bridgehead atoms. The Bertz CT molecular complexity index is 2200. The Morgan fingerprint density at radius 1 is 0.831 bits per heavy atom. The first kappa shape index (κ1) is 47.9. The number of ether oxygens (including phenoxy) is 1. The topological polar surface area (TPSA) is 163 Å². The van der Waals surface area contributed by atoms with E-state index >= 15 is 0 Å². The lowest BCUT2D eigenvalue weighted by atomic mass is 9.69. The third-order valence-electron chi connectivity index (χ3n) is 15.4. The van der Waals surface area contributed by atoms with E-state index in [0.717, 1.165) is 107 Å². The van der Waals surface area contributed by atoms with E-state index < -0.39 is 18.2 Å². The minimum absolute atomic E-state index is 0.000506. The summed E-state index contributed by atoms with van der Waals surface area (Å²) in [6.07, 6.45) is 21.5. The number of nitrogens with one attached hydrogen (secondary N) is 4. The summed E-state index contributed by atoms with van der Waals surface area (Å²) in [5, 5.41) is 8.79. The van der Waals surface area contributed by atoms with Gasteiger partial charge in [0.2, 0.25) is 11.8 Å². The Labute approximate surface area is 386 Å². The Kier molecular flexibility index (Phi) is 15.6. The monoisotopic (exact) mass is 891 g/mol. The molecule has 0 radical (unpaired) electrons. The SMILES string of the molecule is CCC1C=C(C2=Cc3cc4c(cc3CCC2)CCC(C(=O)Nc2cnc(C3CCCC(C(=O)C(NC(C)=O)C(C)C)C3C)[nH]2)=C4)CCCC1C1CCCN1C(=O)C(NC(=O)OC)C(C)C. The molecular weight excluding hydrogens is 817 g/mol. The maximum absolute atomic E-state index is 14.0. The molecule has 1 aliphatic heterocycles. The number of likely N-dealkylation sites (tertiary alicyclic amines) is 1. The van der Waals surface area contributed by atoms with E-state index in [-0.39, 0.29) is 59.1 Å². The van der Waals surface area contributed by atoms with E-state index in [2.05, 4.69) is 70.0 Å². The zero-order chi connectivity index (χ0) is 46.5. The number of H-pyrrole nitrogens is 1. The number of hydrogen-bond donors (Lipinski definition) is 4. The van der Waals surface area contributed by atoms with Crippen LogP contribution in [-0.4, -0.2) is 76.2 Å². The molecule has 8 unspecified atom stereocenters. The van der Waals surface area contributed by atoms with Gasteiger partial charge in [0.25, 0.3) is 5.91 Å². The predicted molar refractivity (Wildman–Crippen MR) is 256 cm³/mol. The number of Topliss-reactive ketones (excluding diaryl/α,β-unsaturated/α-hetero) is 1. The van der Waals surface area contributed by atoms with Crippen molar-refractivity contribution in [1.29, 1.82) is 0 Å². The molecule has 7 rings (SSSR count). The van der Waals surface area contributed by atoms with Crippen molar-refractivity contribution >= 4 is 47.6 Å². The molecule has 5 aliphatic rings. The summed E-state index contributed by atoms with van der Waals surface area (Å²) in [5.74, 6) is 1.67. The summed E-state index contributed by atoms with van der Waals surface area (Å²) in [6, 6.07) is 3.70. The van der Waals surface area contributed by atoms with E-state index in [1.165, 1.54) is 41.9 Å². The maximum atomic E-state index is 14.0. The molecule has 4 N–H and O–H groups in total. The van der Waals surface area contributed by atoms with Crippen molar-refractivity contribution in [2.45, 2.75) is 162 Å². The van der Waals surface area contributed by atoms with Crippen LogP contribution in [-0.2, 0) is 36.8 Å². The van der Waals surface area contributed by atoms with Gasteiger partial charge in [-0.2, -0.15) is 0 Å². The molecule has 1 aromatic heterocycles. The molecule has 352 valence electrons. The number of imidazole rings is 1. The van der Waals surface area contributed by atoms with E-state index in [1.807, 2.05) is 27.7 Å². The fourth-order valence-electron chi connectivity index (χ4n) is 11.8. The summed E-state index contributed by atoms with van der Waals surface area (Å²) in [5.41, 5.74) is 8.59. The van der Waals surface area contributed by atoms with Gasteiger partial charge in [-0.3, -0.25) is 19.2 Å². The number of aryl methyl sites for hydroxylation is 2. The molecule has 1 aromatic carbocycles. The van der Waals surface area contributed by atoms with Crippen molar-refractivity contribution in [2.75, 3.05) is 19.0 Å². The van der Waals surface area contributed by atoms with Crippen LogP contribution in [0.4, 0.5) is 10.6 Å². The number of fused-ring (bicyclic) bond motifs is 2. The predicted octanol–water partition coefficient (Wildman–Crippen LogP) is 9.47. The van der Waals surface area contributed by atoms with Crippen molar-refractivity contribution in [3.8, 4) is 0 Å². The first-order valence-electron chi connectivity index (χ1n) is 24.8. The normalized spacial score (nSPS) is 25.4. The maximum Gasteiger partial charge on any atom is 0.407 e. The molecule has 1 saturated carbocycles. The third-order valence-corrected chi connectivity index (χ3v) is 15.4. The molecule has 2 fully saturated rings. The van der Waals surface area contributed by atoms with E-state index in [9.17, 15) is 24.0 Å². The van der Waals surface area contributed by atoms with Crippen molar-refractivity contribution in [1.82, 2.24) is 25.5 Å². The first-order chi connectivity index (χ1) is 31.2. The molecule has 8 atom stereocenters. The van der Waals surface area contributed by atoms with E-state index in [1.54, 1.807) is 6.20 Å². The Morgan fingerprint density at radius 3 is 2.29 bits per heavy atom. The van der Waals surface area contributed by atoms with Gasteiger partial charge < -0.3 is 30.6 Å². The van der Waals surface area contributed by atoms with Gasteiger partial charge in [0.15, 0.2) is 5.78 Å². The average Bonchev–Trinajstić information content (AvgIpc) is 3.85. The lowest BCUT2D eigenvalue weighted by molar-refractivity contribution is -0.136. The molecule has 0 spiro atoms. The number of anilines is 1. The number of aromatic nitrogens is 2. The summed E-state index contributed by atoms with van der Waals surface area (Å²) < 4.78 is 4.87. The Hall–Kier alpha value is -5.00. The zero-order valence-corrected chi connectivity index (χ0v) is 40.2. The summed E-state index contributed by atoms with van der Waals surface area (Å²) in [4.78, 5) is 75.8. The van der Waals surface area contributed by atoms with Crippen LogP contribution in [0, 0.1) is 35.5 Å². The van der Waals surface area contributed by atoms with Crippen LogP contribution in [0.1, 0.15) is 160 Å². The smallest absolute Gasteiger partial charge is 0.407 e. The highest BCUT2D eigenvalue weighted by atomic mass is 16.5. The molecule has 1 saturated heterocycles. The third kappa shape index (κ3) is 10.8. The minimum atomic E-state index is -0.612. The quantitative estimate of drug-likeness (QED) is 0.156. The van der Waals surface area contributed by atoms with Crippen molar-refractivity contribution < 1.29 is 28.7 Å². The van der Waals surface area contributed by atoms with Crippen LogP contribution in [0.3, 0.4) is 0 Å². The number of methoxy groups -OCH3 is 1. The first-order valence-corrected chi connectivity index (χ1v) is 24.8. The molecular formula is C53H74N6O6. The average molecular weight is 891 g/mol. The number of carbonyl (C=O) groups is 5.